The van der Waals surface area contributed by atoms with Gasteiger partial charge in [-0.25, -0.2) is 0 Å². The normalized spacial score (nSPS) is 14.6. The quantitative estimate of drug-likeness (QED) is 0.166. The van der Waals surface area contributed by atoms with Gasteiger partial charge < -0.3 is 4.90 Å². The summed E-state index contributed by atoms with van der Waals surface area (Å²) in [5.74, 6) is 0. The molecule has 9 aromatic carbocycles. The van der Waals surface area contributed by atoms with Crippen LogP contribution in [0.5, 0.6) is 0 Å². The van der Waals surface area contributed by atoms with Crippen LogP contribution in [0.3, 0.4) is 0 Å². The Morgan fingerprint density at radius 1 is 0.400 bits per heavy atom. The van der Waals surface area contributed by atoms with Gasteiger partial charge in [0.15, 0.2) is 0 Å². The number of nitrogens with zero attached hydrogens (tertiary/aromatic N) is 1. The van der Waals surface area contributed by atoms with Gasteiger partial charge in [-0.2, -0.15) is 0 Å². The number of hydrogen-bond acceptors (Lipinski definition) is 2. The Morgan fingerprint density at radius 3 is 1.87 bits per heavy atom. The third kappa shape index (κ3) is 4.85. The fourth-order valence-corrected chi connectivity index (χ4v) is 10.3. The third-order valence-electron chi connectivity index (χ3n) is 11.5. The molecule has 0 N–H and O–H groups in total. The highest BCUT2D eigenvalue weighted by atomic mass is 32.1. The van der Waals surface area contributed by atoms with Gasteiger partial charge in [0.2, 0.25) is 0 Å². The van der Waals surface area contributed by atoms with Gasteiger partial charge in [0.1, 0.15) is 0 Å². The average Bonchev–Trinajstić information content (AvgIpc) is 3.79. The number of rotatable bonds is 6. The van der Waals surface area contributed by atoms with Gasteiger partial charge in [0.05, 0.1) is 15.8 Å². The number of anilines is 3. The van der Waals surface area contributed by atoms with Gasteiger partial charge in [-0.05, 0) is 97.7 Å². The molecule has 1 aliphatic rings. The topological polar surface area (TPSA) is 3.24 Å². The summed E-state index contributed by atoms with van der Waals surface area (Å²) in [7, 11) is 0. The predicted octanol–water partition coefficient (Wildman–Crippen LogP) is 14.7. The zero-order valence-electron chi connectivity index (χ0n) is 30.1. The van der Waals surface area contributed by atoms with E-state index in [0.717, 1.165) is 11.4 Å². The first-order valence-electron chi connectivity index (χ1n) is 18.9. The Bertz CT molecular complexity index is 3020. The van der Waals surface area contributed by atoms with Gasteiger partial charge >= 0.3 is 0 Å². The summed E-state index contributed by atoms with van der Waals surface area (Å²) < 4.78 is 2.56. The maximum absolute atomic E-state index is 2.49. The predicted molar refractivity (Wildman–Crippen MR) is 234 cm³/mol. The lowest BCUT2D eigenvalue weighted by atomic mass is 9.67. The fourth-order valence-electron chi connectivity index (χ4n) is 9.16. The van der Waals surface area contributed by atoms with E-state index in [4.69, 9.17) is 0 Å². The zero-order valence-corrected chi connectivity index (χ0v) is 30.9. The lowest BCUT2D eigenvalue weighted by Crippen LogP contribution is -2.28. The second-order valence-electron chi connectivity index (χ2n) is 14.4. The maximum atomic E-state index is 2.49. The highest BCUT2D eigenvalue weighted by Crippen LogP contribution is 2.58. The van der Waals surface area contributed by atoms with Gasteiger partial charge in [-0.3, -0.25) is 0 Å². The molecular weight excluding hydrogens is 683 g/mol. The Hall–Kier alpha value is -6.74. The van der Waals surface area contributed by atoms with Crippen molar-refractivity contribution >= 4 is 59.3 Å². The van der Waals surface area contributed by atoms with E-state index in [-0.39, 0.29) is 0 Å². The highest BCUT2D eigenvalue weighted by molar-refractivity contribution is 7.26. The lowest BCUT2D eigenvalue weighted by Gasteiger charge is -2.34. The molecule has 0 amide bonds. The van der Waals surface area contributed by atoms with Gasteiger partial charge in [0, 0.05) is 26.8 Å². The van der Waals surface area contributed by atoms with Gasteiger partial charge in [-0.15, -0.1) is 11.3 Å². The van der Waals surface area contributed by atoms with E-state index in [9.17, 15) is 0 Å². The van der Waals surface area contributed by atoms with Gasteiger partial charge in [0.25, 0.3) is 0 Å². The third-order valence-corrected chi connectivity index (χ3v) is 12.7. The van der Waals surface area contributed by atoms with E-state index in [2.05, 4.69) is 217 Å². The van der Waals surface area contributed by atoms with Crippen molar-refractivity contribution in [3.63, 3.8) is 0 Å². The van der Waals surface area contributed by atoms with Crippen molar-refractivity contribution in [1.82, 2.24) is 0 Å². The molecule has 1 heterocycles. The van der Waals surface area contributed by atoms with Crippen LogP contribution >= 0.6 is 11.3 Å². The van der Waals surface area contributed by atoms with Crippen LogP contribution in [0.25, 0.3) is 53.2 Å². The maximum Gasteiger partial charge on any atom is 0.0714 e. The zero-order chi connectivity index (χ0) is 36.3. The highest BCUT2D eigenvalue weighted by Gasteiger charge is 2.46. The van der Waals surface area contributed by atoms with Crippen molar-refractivity contribution in [2.24, 2.45) is 0 Å². The molecule has 2 heteroatoms. The largest absolute Gasteiger partial charge is 0.309 e. The number of benzene rings is 9. The second kappa shape index (κ2) is 12.7. The molecule has 0 aliphatic heterocycles. The molecule has 0 bridgehead atoms. The van der Waals surface area contributed by atoms with Crippen LogP contribution in [0.2, 0.25) is 0 Å². The van der Waals surface area contributed by atoms with Crippen LogP contribution < -0.4 is 4.90 Å². The molecule has 1 nitrogen and oxygen atoms in total. The molecule has 1 aliphatic carbocycles. The number of para-hydroxylation sites is 1. The average molecular weight is 718 g/mol. The molecule has 10 aromatic rings. The Morgan fingerprint density at radius 2 is 1.05 bits per heavy atom. The van der Waals surface area contributed by atoms with Crippen LogP contribution in [-0.2, 0) is 5.41 Å². The van der Waals surface area contributed by atoms with Crippen molar-refractivity contribution < 1.29 is 0 Å². The molecule has 0 fully saturated rings. The van der Waals surface area contributed by atoms with E-state index >= 15 is 0 Å². The number of hydrogen-bond donors (Lipinski definition) is 0. The summed E-state index contributed by atoms with van der Waals surface area (Å²) in [6, 6.07) is 78.1. The molecule has 0 spiro atoms. The van der Waals surface area contributed by atoms with E-state index in [1.165, 1.54) is 81.1 Å². The molecule has 11 rings (SSSR count). The van der Waals surface area contributed by atoms with Crippen molar-refractivity contribution in [2.45, 2.75) is 5.41 Å². The van der Waals surface area contributed by atoms with Crippen LogP contribution in [0.15, 0.2) is 212 Å². The SMILES string of the molecule is c1ccc(-c2ccc(N(c3ccccc3)c3cccc4c3sc3ccc(C5(c6ccccc6)c6ccccc6-c6c5ccc5ccccc65)cc34)cc2)cc1. The molecular formula is C53H35NS. The Kier molecular flexibility index (Phi) is 7.33. The molecule has 1 aromatic heterocycles. The van der Waals surface area contributed by atoms with Crippen molar-refractivity contribution in [1.29, 1.82) is 0 Å². The first-order valence-corrected chi connectivity index (χ1v) is 19.7. The minimum atomic E-state index is -0.478. The minimum absolute atomic E-state index is 0.478. The number of thiophene rings is 1. The van der Waals surface area contributed by atoms with Crippen LogP contribution in [-0.4, -0.2) is 0 Å². The van der Waals surface area contributed by atoms with Crippen LogP contribution in [0, 0.1) is 0 Å². The Labute approximate surface area is 325 Å². The Balaban J connectivity index is 1.14. The first-order chi connectivity index (χ1) is 27.3. The van der Waals surface area contributed by atoms with E-state index < -0.39 is 5.41 Å². The summed E-state index contributed by atoms with van der Waals surface area (Å²) in [6.07, 6.45) is 0. The molecule has 258 valence electrons. The molecule has 55 heavy (non-hydrogen) atoms. The van der Waals surface area contributed by atoms with Crippen LogP contribution in [0.1, 0.15) is 22.3 Å². The summed E-state index contributed by atoms with van der Waals surface area (Å²) in [4.78, 5) is 2.41. The first kappa shape index (κ1) is 31.8. The fraction of sp³-hybridized carbons (Fsp3) is 0.0189. The molecule has 0 radical (unpaired) electrons. The monoisotopic (exact) mass is 717 g/mol. The molecule has 1 unspecified atom stereocenters. The standard InChI is InChI=1S/C53H35NS/c1-4-15-36(16-5-1)37-27-31-42(32-28-37)54(41-20-8-3-9-21-41)49-26-14-24-44-46-35-40(30-34-50(46)55-52(44)49)53(39-18-6-2-7-19-39)47-25-13-12-23-45(47)51-43-22-11-10-17-38(43)29-33-48(51)53/h1-35H. The van der Waals surface area contributed by atoms with Gasteiger partial charge in [-0.1, -0.05) is 170 Å². The summed E-state index contributed by atoms with van der Waals surface area (Å²) in [6.45, 7) is 0. The lowest BCUT2D eigenvalue weighted by molar-refractivity contribution is 0.770. The van der Waals surface area contributed by atoms with E-state index in [0.29, 0.717) is 0 Å². The molecule has 0 saturated carbocycles. The van der Waals surface area contributed by atoms with Crippen molar-refractivity contribution in [3.8, 4) is 22.3 Å². The summed E-state index contributed by atoms with van der Waals surface area (Å²) in [5.41, 5.74) is 13.3. The smallest absolute Gasteiger partial charge is 0.0714 e. The number of fused-ring (bicyclic) bond motifs is 8. The van der Waals surface area contributed by atoms with E-state index in [1.54, 1.807) is 0 Å². The van der Waals surface area contributed by atoms with Crippen molar-refractivity contribution in [2.75, 3.05) is 4.90 Å². The molecule has 1 atom stereocenters. The molecule has 0 saturated heterocycles. The second-order valence-corrected chi connectivity index (χ2v) is 15.5. The summed E-state index contributed by atoms with van der Waals surface area (Å²) >= 11 is 1.88. The van der Waals surface area contributed by atoms with Crippen LogP contribution in [0.4, 0.5) is 17.1 Å². The van der Waals surface area contributed by atoms with E-state index in [1.807, 2.05) is 11.3 Å². The summed E-state index contributed by atoms with van der Waals surface area (Å²) in [5, 5.41) is 5.13. The minimum Gasteiger partial charge on any atom is -0.309 e. The van der Waals surface area contributed by atoms with Crippen molar-refractivity contribution in [3.05, 3.63) is 235 Å².